The summed E-state index contributed by atoms with van der Waals surface area (Å²) in [5, 5.41) is 5.07. The molecular weight excluding hydrogens is 368 g/mol. The number of hydrogen-bond donors (Lipinski definition) is 0. The first-order valence-corrected chi connectivity index (χ1v) is 9.10. The van der Waals surface area contributed by atoms with Gasteiger partial charge in [0.1, 0.15) is 0 Å². The largest absolute Gasteiger partial charge is 0.268 e. The monoisotopic (exact) mass is 384 g/mol. The number of nitrogens with zero attached hydrogens (tertiary/aromatic N) is 6. The number of benzene rings is 1. The van der Waals surface area contributed by atoms with Gasteiger partial charge in [-0.3, -0.25) is 9.59 Å². The average Bonchev–Trinajstić information content (AvgIpc) is 3.16. The maximum absolute atomic E-state index is 13.2. The van der Waals surface area contributed by atoms with Crippen molar-refractivity contribution in [2.45, 2.75) is 20.8 Å². The summed E-state index contributed by atoms with van der Waals surface area (Å²) in [5.41, 5.74) is 3.75. The molecule has 0 spiro atoms. The lowest BCUT2D eigenvalue weighted by Crippen LogP contribution is -2.29. The predicted molar refractivity (Wildman–Crippen MR) is 106 cm³/mol. The zero-order chi connectivity index (χ0) is 20.3. The Morgan fingerprint density at radius 2 is 1.59 bits per heavy atom. The van der Waals surface area contributed by atoms with E-state index in [4.69, 9.17) is 0 Å². The smallest absolute Gasteiger partial charge is 0.267 e. The molecule has 29 heavy (non-hydrogen) atoms. The third-order valence-corrected chi connectivity index (χ3v) is 4.90. The van der Waals surface area contributed by atoms with Gasteiger partial charge in [0.05, 0.1) is 27.9 Å². The summed E-state index contributed by atoms with van der Waals surface area (Å²) < 4.78 is 1.52. The molecule has 0 radical (unpaired) electrons. The van der Waals surface area contributed by atoms with Crippen molar-refractivity contribution in [3.05, 3.63) is 70.8 Å². The number of pyridine rings is 1. The van der Waals surface area contributed by atoms with Gasteiger partial charge in [-0.2, -0.15) is 9.78 Å². The second-order valence-electron chi connectivity index (χ2n) is 6.97. The Bertz CT molecular complexity index is 1310. The maximum atomic E-state index is 13.2. The number of rotatable bonds is 2. The van der Waals surface area contributed by atoms with E-state index in [0.29, 0.717) is 33.9 Å². The molecule has 0 unspecified atom stereocenters. The summed E-state index contributed by atoms with van der Waals surface area (Å²) in [7, 11) is 0. The van der Waals surface area contributed by atoms with Crippen LogP contribution < -0.4 is 4.90 Å². The number of aromatic nitrogens is 5. The van der Waals surface area contributed by atoms with Crippen molar-refractivity contribution in [1.29, 1.82) is 0 Å². The number of para-hydroxylation sites is 1. The number of aryl methyl sites for hydroxylation is 3. The van der Waals surface area contributed by atoms with Gasteiger partial charge < -0.3 is 0 Å². The van der Waals surface area contributed by atoms with E-state index in [9.17, 15) is 9.59 Å². The molecule has 0 saturated heterocycles. The molecule has 1 aliphatic heterocycles. The molecule has 142 valence electrons. The van der Waals surface area contributed by atoms with Crippen LogP contribution in [0.2, 0.25) is 0 Å². The first kappa shape index (κ1) is 17.2. The summed E-state index contributed by atoms with van der Waals surface area (Å²) in [6, 6.07) is 10.7. The van der Waals surface area contributed by atoms with Crippen LogP contribution in [0.15, 0.2) is 42.6 Å². The Morgan fingerprint density at radius 3 is 2.28 bits per heavy atom. The topological polar surface area (TPSA) is 93.9 Å². The summed E-state index contributed by atoms with van der Waals surface area (Å²) in [4.78, 5) is 40.7. The lowest BCUT2D eigenvalue weighted by atomic mass is 10.1. The third kappa shape index (κ3) is 2.46. The molecular formula is C21H16N6O2. The van der Waals surface area contributed by atoms with E-state index in [2.05, 4.69) is 20.1 Å². The zero-order valence-electron chi connectivity index (χ0n) is 16.0. The zero-order valence-corrected chi connectivity index (χ0v) is 16.0. The summed E-state index contributed by atoms with van der Waals surface area (Å²) >= 11 is 0. The maximum Gasteiger partial charge on any atom is 0.267 e. The van der Waals surface area contributed by atoms with Crippen LogP contribution in [0.25, 0.3) is 17.0 Å². The molecule has 0 saturated carbocycles. The van der Waals surface area contributed by atoms with Crippen LogP contribution in [0, 0.1) is 20.8 Å². The molecule has 1 aliphatic rings. The quantitative estimate of drug-likeness (QED) is 0.493. The molecule has 0 aliphatic carbocycles. The fraction of sp³-hybridized carbons (Fsp3) is 0.143. The van der Waals surface area contributed by atoms with E-state index in [1.54, 1.807) is 31.2 Å². The van der Waals surface area contributed by atoms with Crippen molar-refractivity contribution in [1.82, 2.24) is 24.7 Å². The fourth-order valence-corrected chi connectivity index (χ4v) is 3.71. The number of carbonyl (C=O) groups is 2. The van der Waals surface area contributed by atoms with Gasteiger partial charge in [-0.1, -0.05) is 18.2 Å². The summed E-state index contributed by atoms with van der Waals surface area (Å²) in [6.45, 7) is 5.54. The van der Waals surface area contributed by atoms with Crippen LogP contribution in [0.4, 0.5) is 5.69 Å². The molecule has 3 aromatic heterocycles. The minimum atomic E-state index is -0.389. The molecule has 8 nitrogen and oxygen atoms in total. The highest BCUT2D eigenvalue weighted by Crippen LogP contribution is 2.34. The molecule has 2 amide bonds. The Morgan fingerprint density at radius 1 is 0.897 bits per heavy atom. The second kappa shape index (κ2) is 6.03. The predicted octanol–water partition coefficient (Wildman–Crippen LogP) is 2.94. The van der Waals surface area contributed by atoms with Crippen LogP contribution in [0.1, 0.15) is 37.8 Å². The van der Waals surface area contributed by atoms with Gasteiger partial charge >= 0.3 is 0 Å². The molecule has 1 aromatic carbocycles. The summed E-state index contributed by atoms with van der Waals surface area (Å²) in [6.07, 6.45) is 1.43. The van der Waals surface area contributed by atoms with Gasteiger partial charge in [-0.05, 0) is 39.0 Å². The number of hydrogen-bond acceptors (Lipinski definition) is 6. The highest BCUT2D eigenvalue weighted by molar-refractivity contribution is 6.37. The van der Waals surface area contributed by atoms with Gasteiger partial charge in [-0.15, -0.1) is 0 Å². The average molecular weight is 384 g/mol. The van der Waals surface area contributed by atoms with E-state index in [1.165, 1.54) is 15.8 Å². The molecule has 0 atom stereocenters. The SMILES string of the molecule is Cc1cc(C)nc(-n2nc(C)c3c4c(cnc32)C(=O)N(c2ccccc2)C4=O)n1. The van der Waals surface area contributed by atoms with Crippen molar-refractivity contribution in [2.75, 3.05) is 4.90 Å². The Hall–Kier alpha value is -3.94. The van der Waals surface area contributed by atoms with E-state index in [0.717, 1.165) is 11.4 Å². The standard InChI is InChI=1S/C21H16N6O2/c1-11-9-12(2)24-21(23-11)27-18-16(13(3)25-27)17-15(10-22-18)19(28)26(20(17)29)14-7-5-4-6-8-14/h4-10H,1-3H3. The van der Waals surface area contributed by atoms with Gasteiger partial charge in [0.2, 0.25) is 0 Å². The van der Waals surface area contributed by atoms with Crippen molar-refractivity contribution >= 4 is 28.5 Å². The van der Waals surface area contributed by atoms with Crippen molar-refractivity contribution in [3.8, 4) is 5.95 Å². The molecule has 4 aromatic rings. The van der Waals surface area contributed by atoms with Gasteiger partial charge in [0.15, 0.2) is 5.65 Å². The number of anilines is 1. The Kier molecular flexibility index (Phi) is 3.57. The molecule has 0 bridgehead atoms. The van der Waals surface area contributed by atoms with Crippen molar-refractivity contribution in [3.63, 3.8) is 0 Å². The van der Waals surface area contributed by atoms with Crippen LogP contribution in [0.3, 0.4) is 0 Å². The minimum absolute atomic E-state index is 0.273. The van der Waals surface area contributed by atoms with Crippen LogP contribution in [-0.2, 0) is 0 Å². The molecule has 5 rings (SSSR count). The number of amides is 2. The second-order valence-corrected chi connectivity index (χ2v) is 6.97. The Labute approximate surface area is 165 Å². The first-order chi connectivity index (χ1) is 14.0. The molecule has 8 heteroatoms. The number of fused-ring (bicyclic) bond motifs is 3. The number of imide groups is 1. The van der Waals surface area contributed by atoms with Crippen molar-refractivity contribution < 1.29 is 9.59 Å². The van der Waals surface area contributed by atoms with Gasteiger partial charge in [-0.25, -0.2) is 19.9 Å². The Balaban J connectivity index is 1.74. The van der Waals surface area contributed by atoms with Crippen LogP contribution >= 0.6 is 0 Å². The molecule has 4 heterocycles. The highest BCUT2D eigenvalue weighted by atomic mass is 16.2. The summed E-state index contributed by atoms with van der Waals surface area (Å²) in [5.74, 6) is -0.391. The molecule has 0 fully saturated rings. The minimum Gasteiger partial charge on any atom is -0.268 e. The van der Waals surface area contributed by atoms with Crippen molar-refractivity contribution in [2.24, 2.45) is 0 Å². The lowest BCUT2D eigenvalue weighted by molar-refractivity contribution is 0.0926. The third-order valence-electron chi connectivity index (χ3n) is 4.90. The number of carbonyl (C=O) groups excluding carboxylic acids is 2. The van der Waals surface area contributed by atoms with Crippen LogP contribution in [0.5, 0.6) is 0 Å². The highest BCUT2D eigenvalue weighted by Gasteiger charge is 2.40. The van der Waals surface area contributed by atoms with E-state index < -0.39 is 0 Å². The normalized spacial score (nSPS) is 13.4. The van der Waals surface area contributed by atoms with Crippen LogP contribution in [-0.4, -0.2) is 36.5 Å². The van der Waals surface area contributed by atoms with Gasteiger partial charge in [0.25, 0.3) is 17.8 Å². The van der Waals surface area contributed by atoms with E-state index in [-0.39, 0.29) is 17.4 Å². The first-order valence-electron chi connectivity index (χ1n) is 9.10. The van der Waals surface area contributed by atoms with E-state index >= 15 is 0 Å². The van der Waals surface area contributed by atoms with Gasteiger partial charge in [0, 0.05) is 17.6 Å². The molecule has 0 N–H and O–H groups in total. The lowest BCUT2D eigenvalue weighted by Gasteiger charge is -2.13. The van der Waals surface area contributed by atoms with E-state index in [1.807, 2.05) is 26.0 Å². The fourth-order valence-electron chi connectivity index (χ4n) is 3.71.